The first kappa shape index (κ1) is 16.6. The van der Waals surface area contributed by atoms with Crippen LogP contribution in [0.25, 0.3) is 0 Å². The number of ether oxygens (including phenoxy) is 1. The molecule has 0 radical (unpaired) electrons. The summed E-state index contributed by atoms with van der Waals surface area (Å²) in [6, 6.07) is 10.5. The summed E-state index contributed by atoms with van der Waals surface area (Å²) in [5.41, 5.74) is 3.68. The van der Waals surface area contributed by atoms with Crippen molar-refractivity contribution in [3.63, 3.8) is 0 Å². The molecular formula is C20H23N5O2. The number of rotatable bonds is 4. The minimum absolute atomic E-state index is 0.137. The van der Waals surface area contributed by atoms with Crippen molar-refractivity contribution in [2.24, 2.45) is 0 Å². The minimum Gasteiger partial charge on any atom is -0.367 e. The van der Waals surface area contributed by atoms with Crippen LogP contribution in [0.5, 0.6) is 0 Å². The molecule has 1 fully saturated rings. The van der Waals surface area contributed by atoms with Gasteiger partial charge in [-0.3, -0.25) is 10.00 Å². The first-order valence-corrected chi connectivity index (χ1v) is 9.60. The topological polar surface area (TPSA) is 80.1 Å². The molecule has 3 aromatic rings. The molecule has 7 heteroatoms. The number of fused-ring (bicyclic) bond motifs is 1. The number of benzene rings is 1. The molecule has 1 aliphatic heterocycles. The van der Waals surface area contributed by atoms with E-state index in [1.165, 1.54) is 16.8 Å². The molecule has 0 saturated carbocycles. The minimum atomic E-state index is -0.146. The molecule has 5 rings (SSSR count). The number of nitrogens with one attached hydrogen (secondary N) is 1. The number of H-pyrrole nitrogens is 1. The van der Waals surface area contributed by atoms with Gasteiger partial charge in [0, 0.05) is 30.9 Å². The molecule has 1 aliphatic carbocycles. The Morgan fingerprint density at radius 2 is 2.15 bits per heavy atom. The highest BCUT2D eigenvalue weighted by Crippen LogP contribution is 2.35. The second-order valence-electron chi connectivity index (χ2n) is 7.32. The fourth-order valence-corrected chi connectivity index (χ4v) is 4.08. The molecule has 1 saturated heterocycles. The van der Waals surface area contributed by atoms with E-state index in [0.717, 1.165) is 38.9 Å². The van der Waals surface area contributed by atoms with Crippen LogP contribution < -0.4 is 0 Å². The molecular weight excluding hydrogens is 342 g/mol. The first-order chi connectivity index (χ1) is 13.4. The number of nitrogens with zero attached hydrogens (tertiary/aromatic N) is 4. The maximum atomic E-state index is 5.94. The van der Waals surface area contributed by atoms with Gasteiger partial charge in [-0.25, -0.2) is 0 Å². The van der Waals surface area contributed by atoms with Crippen LogP contribution in [-0.2, 0) is 17.7 Å². The Kier molecular flexibility index (Phi) is 4.47. The number of aromatic amines is 1. The fourth-order valence-electron chi connectivity index (χ4n) is 4.08. The second-order valence-corrected chi connectivity index (χ2v) is 7.32. The molecule has 3 heterocycles. The van der Waals surface area contributed by atoms with Gasteiger partial charge < -0.3 is 9.26 Å². The van der Waals surface area contributed by atoms with Crippen LogP contribution in [0.4, 0.5) is 0 Å². The summed E-state index contributed by atoms with van der Waals surface area (Å²) in [5, 5.41) is 11.5. The molecule has 140 valence electrons. The van der Waals surface area contributed by atoms with Crippen LogP contribution in [0.3, 0.4) is 0 Å². The molecule has 2 aromatic heterocycles. The van der Waals surface area contributed by atoms with E-state index in [4.69, 9.17) is 14.2 Å². The lowest BCUT2D eigenvalue weighted by atomic mass is 9.87. The van der Waals surface area contributed by atoms with Gasteiger partial charge in [0.25, 0.3) is 0 Å². The normalized spacial score (nSPS) is 23.3. The summed E-state index contributed by atoms with van der Waals surface area (Å²) in [6.45, 7) is 3.27. The molecule has 2 atom stereocenters. The summed E-state index contributed by atoms with van der Waals surface area (Å²) < 4.78 is 11.6. The van der Waals surface area contributed by atoms with Crippen LogP contribution in [0, 0.1) is 0 Å². The van der Waals surface area contributed by atoms with Crippen LogP contribution in [0.2, 0.25) is 0 Å². The number of aromatic nitrogens is 4. The first-order valence-electron chi connectivity index (χ1n) is 9.60. The molecule has 7 nitrogen and oxygen atoms in total. The molecule has 1 aromatic carbocycles. The van der Waals surface area contributed by atoms with Crippen molar-refractivity contribution in [1.29, 1.82) is 0 Å². The van der Waals surface area contributed by atoms with Gasteiger partial charge in [-0.05, 0) is 24.8 Å². The summed E-state index contributed by atoms with van der Waals surface area (Å²) in [4.78, 5) is 7.09. The monoisotopic (exact) mass is 365 g/mol. The largest absolute Gasteiger partial charge is 0.367 e. The summed E-state index contributed by atoms with van der Waals surface area (Å²) in [5.74, 6) is 1.47. The fraction of sp³-hybridized carbons (Fsp3) is 0.450. The molecule has 2 aliphatic rings. The van der Waals surface area contributed by atoms with Crippen LogP contribution in [0.1, 0.15) is 53.4 Å². The van der Waals surface area contributed by atoms with Crippen molar-refractivity contribution in [2.75, 3.05) is 19.7 Å². The predicted molar refractivity (Wildman–Crippen MR) is 98.1 cm³/mol. The summed E-state index contributed by atoms with van der Waals surface area (Å²) in [6.07, 6.45) is 4.89. The van der Waals surface area contributed by atoms with E-state index in [9.17, 15) is 0 Å². The van der Waals surface area contributed by atoms with E-state index in [-0.39, 0.29) is 12.0 Å². The number of hydrogen-bond acceptors (Lipinski definition) is 6. The van der Waals surface area contributed by atoms with Crippen molar-refractivity contribution in [3.05, 3.63) is 65.1 Å². The van der Waals surface area contributed by atoms with Gasteiger partial charge in [0.1, 0.15) is 6.10 Å². The molecule has 27 heavy (non-hydrogen) atoms. The van der Waals surface area contributed by atoms with E-state index in [2.05, 4.69) is 44.5 Å². The van der Waals surface area contributed by atoms with E-state index >= 15 is 0 Å². The van der Waals surface area contributed by atoms with Gasteiger partial charge in [-0.2, -0.15) is 10.1 Å². The van der Waals surface area contributed by atoms with Gasteiger partial charge in [0.15, 0.2) is 0 Å². The highest BCUT2D eigenvalue weighted by molar-refractivity contribution is 5.29. The predicted octanol–water partition coefficient (Wildman–Crippen LogP) is 2.83. The molecule has 1 N–H and O–H groups in total. The third-order valence-electron chi connectivity index (χ3n) is 5.49. The average Bonchev–Trinajstić information content (AvgIpc) is 3.38. The summed E-state index contributed by atoms with van der Waals surface area (Å²) in [7, 11) is 0. The van der Waals surface area contributed by atoms with Crippen molar-refractivity contribution in [3.8, 4) is 0 Å². The van der Waals surface area contributed by atoms with Crippen molar-refractivity contribution in [2.45, 2.75) is 37.8 Å². The van der Waals surface area contributed by atoms with E-state index in [0.29, 0.717) is 18.3 Å². The molecule has 0 amide bonds. The lowest BCUT2D eigenvalue weighted by Crippen LogP contribution is -2.38. The van der Waals surface area contributed by atoms with Gasteiger partial charge in [-0.15, -0.1) is 0 Å². The number of aryl methyl sites for hydroxylation is 1. The third kappa shape index (κ3) is 3.40. The Morgan fingerprint density at radius 1 is 1.22 bits per heavy atom. The lowest BCUT2D eigenvalue weighted by molar-refractivity contribution is -0.0380. The Morgan fingerprint density at radius 3 is 3.07 bits per heavy atom. The van der Waals surface area contributed by atoms with Gasteiger partial charge in [0.05, 0.1) is 18.7 Å². The Hall–Kier alpha value is -2.51. The van der Waals surface area contributed by atoms with Crippen LogP contribution >= 0.6 is 0 Å². The van der Waals surface area contributed by atoms with Crippen LogP contribution in [0.15, 0.2) is 41.1 Å². The smallest absolute Gasteiger partial charge is 0.234 e. The Balaban J connectivity index is 1.30. The van der Waals surface area contributed by atoms with Crippen LogP contribution in [-0.4, -0.2) is 44.9 Å². The van der Waals surface area contributed by atoms with Crippen molar-refractivity contribution >= 4 is 0 Å². The Labute approximate surface area is 157 Å². The standard InChI is InChI=1S/C20H23N5O2/c1-2-5-14(6-3-1)12-25-9-10-26-18(13-25)19-22-20(27-24-19)15-7-4-8-17-16(15)11-21-23-17/h1-3,5-6,11,15,18H,4,7-10,12-13H2,(H,21,23). The maximum absolute atomic E-state index is 5.94. The SMILES string of the molecule is c1ccc(CN2CCOC(c3noc(C4CCCc5[nH]ncc54)n3)C2)cc1. The number of morpholine rings is 1. The molecule has 2 unspecified atom stereocenters. The van der Waals surface area contributed by atoms with Gasteiger partial charge >= 0.3 is 0 Å². The van der Waals surface area contributed by atoms with Crippen molar-refractivity contribution in [1.82, 2.24) is 25.2 Å². The van der Waals surface area contributed by atoms with E-state index in [1.807, 2.05) is 12.3 Å². The lowest BCUT2D eigenvalue weighted by Gasteiger charge is -2.31. The number of hydrogen-bond donors (Lipinski definition) is 1. The summed E-state index contributed by atoms with van der Waals surface area (Å²) >= 11 is 0. The Bertz CT molecular complexity index is 891. The zero-order chi connectivity index (χ0) is 18.1. The van der Waals surface area contributed by atoms with Gasteiger partial charge in [0.2, 0.25) is 11.7 Å². The quantitative estimate of drug-likeness (QED) is 0.766. The van der Waals surface area contributed by atoms with E-state index in [1.54, 1.807) is 0 Å². The van der Waals surface area contributed by atoms with Gasteiger partial charge in [-0.1, -0.05) is 35.5 Å². The maximum Gasteiger partial charge on any atom is 0.234 e. The highest BCUT2D eigenvalue weighted by atomic mass is 16.5. The highest BCUT2D eigenvalue weighted by Gasteiger charge is 2.31. The van der Waals surface area contributed by atoms with E-state index < -0.39 is 0 Å². The average molecular weight is 365 g/mol. The third-order valence-corrected chi connectivity index (χ3v) is 5.49. The second kappa shape index (κ2) is 7.25. The zero-order valence-corrected chi connectivity index (χ0v) is 15.2. The molecule has 0 spiro atoms. The zero-order valence-electron chi connectivity index (χ0n) is 15.2. The molecule has 0 bridgehead atoms. The van der Waals surface area contributed by atoms with Crippen molar-refractivity contribution < 1.29 is 9.26 Å².